The summed E-state index contributed by atoms with van der Waals surface area (Å²) in [6.45, 7) is -0.107. The van der Waals surface area contributed by atoms with Crippen molar-refractivity contribution >= 4 is 22.6 Å². The third-order valence-corrected chi connectivity index (χ3v) is 4.07. The molecule has 2 N–H and O–H groups in total. The Labute approximate surface area is 160 Å². The molecule has 1 heterocycles. The van der Waals surface area contributed by atoms with E-state index in [1.165, 1.54) is 0 Å². The van der Waals surface area contributed by atoms with Gasteiger partial charge in [-0.25, -0.2) is 5.10 Å². The molecule has 144 valence electrons. The molecule has 0 unspecified atom stereocenters. The van der Waals surface area contributed by atoms with E-state index in [1.54, 1.807) is 37.4 Å². The smallest absolute Gasteiger partial charge is 0.312 e. The van der Waals surface area contributed by atoms with Crippen LogP contribution in [0, 0.1) is 0 Å². The third kappa shape index (κ3) is 4.73. The van der Waals surface area contributed by atoms with E-state index in [1.807, 2.05) is 18.2 Å². The molecule has 1 aromatic heterocycles. The summed E-state index contributed by atoms with van der Waals surface area (Å²) in [5, 5.41) is 9.96. The Hall–Kier alpha value is -3.68. The number of esters is 1. The second-order valence-electron chi connectivity index (χ2n) is 6.01. The van der Waals surface area contributed by atoms with Gasteiger partial charge in [0.05, 0.1) is 24.6 Å². The van der Waals surface area contributed by atoms with Crippen molar-refractivity contribution in [3.63, 3.8) is 0 Å². The summed E-state index contributed by atoms with van der Waals surface area (Å²) in [7, 11) is 1.57. The number of H-pyrrole nitrogens is 1. The molecule has 0 aliphatic carbocycles. The molecule has 0 spiro atoms. The summed E-state index contributed by atoms with van der Waals surface area (Å²) in [6, 6.07) is 14.1. The number of aromatic amines is 1. The molecule has 0 fully saturated rings. The van der Waals surface area contributed by atoms with Crippen LogP contribution in [0.3, 0.4) is 0 Å². The second kappa shape index (κ2) is 8.81. The monoisotopic (exact) mass is 381 g/mol. The van der Waals surface area contributed by atoms with Gasteiger partial charge in [-0.3, -0.25) is 14.4 Å². The number of benzene rings is 2. The van der Waals surface area contributed by atoms with Crippen molar-refractivity contribution in [2.75, 3.05) is 13.7 Å². The molecule has 0 bridgehead atoms. The SMILES string of the molecule is COc1cccc(CNC(=O)COC(=O)Cc2n[nH]c(=O)c3ccccc23)c1. The molecule has 0 aliphatic heterocycles. The van der Waals surface area contributed by atoms with Crippen molar-refractivity contribution in [2.45, 2.75) is 13.0 Å². The minimum Gasteiger partial charge on any atom is -0.497 e. The Bertz CT molecular complexity index is 1060. The lowest BCUT2D eigenvalue weighted by atomic mass is 10.1. The van der Waals surface area contributed by atoms with Gasteiger partial charge in [0.2, 0.25) is 0 Å². The standard InChI is InChI=1S/C20H19N3O5/c1-27-14-6-4-5-13(9-14)11-21-18(24)12-28-19(25)10-17-15-7-2-3-8-16(15)20(26)23-22-17/h2-9H,10-12H2,1H3,(H,21,24)(H,23,26). The van der Waals surface area contributed by atoms with Crippen LogP contribution < -0.4 is 15.6 Å². The van der Waals surface area contributed by atoms with Gasteiger partial charge in [0, 0.05) is 11.9 Å². The van der Waals surface area contributed by atoms with E-state index in [0.29, 0.717) is 28.8 Å². The molecule has 1 amide bonds. The summed E-state index contributed by atoms with van der Waals surface area (Å²) in [4.78, 5) is 35.7. The Kier molecular flexibility index (Phi) is 6.01. The first-order valence-corrected chi connectivity index (χ1v) is 8.58. The van der Waals surface area contributed by atoms with Gasteiger partial charge in [0.25, 0.3) is 11.5 Å². The van der Waals surface area contributed by atoms with E-state index in [9.17, 15) is 14.4 Å². The van der Waals surface area contributed by atoms with Crippen LogP contribution in [0.4, 0.5) is 0 Å². The lowest BCUT2D eigenvalue weighted by Gasteiger charge is -2.08. The molecule has 28 heavy (non-hydrogen) atoms. The van der Waals surface area contributed by atoms with E-state index in [4.69, 9.17) is 9.47 Å². The predicted molar refractivity (Wildman–Crippen MR) is 102 cm³/mol. The average Bonchev–Trinajstić information content (AvgIpc) is 2.73. The maximum absolute atomic E-state index is 12.1. The molecule has 3 rings (SSSR count). The van der Waals surface area contributed by atoms with Gasteiger partial charge in [-0.1, -0.05) is 30.3 Å². The van der Waals surface area contributed by atoms with Crippen LogP contribution in [0.2, 0.25) is 0 Å². The first-order valence-electron chi connectivity index (χ1n) is 8.58. The summed E-state index contributed by atoms with van der Waals surface area (Å²) < 4.78 is 10.1. The van der Waals surface area contributed by atoms with Crippen LogP contribution in [-0.4, -0.2) is 35.8 Å². The lowest BCUT2D eigenvalue weighted by molar-refractivity contribution is -0.147. The predicted octanol–water partition coefficient (Wildman–Crippen LogP) is 1.33. The molecule has 3 aromatic rings. The first kappa shape index (κ1) is 19.1. The van der Waals surface area contributed by atoms with Crippen LogP contribution in [0.25, 0.3) is 10.8 Å². The van der Waals surface area contributed by atoms with Crippen molar-refractivity contribution in [2.24, 2.45) is 0 Å². The fraction of sp³-hybridized carbons (Fsp3) is 0.200. The Balaban J connectivity index is 1.52. The van der Waals surface area contributed by atoms with E-state index in [0.717, 1.165) is 5.56 Å². The zero-order valence-corrected chi connectivity index (χ0v) is 15.2. The molecule has 0 aliphatic rings. The normalized spacial score (nSPS) is 10.5. The van der Waals surface area contributed by atoms with Gasteiger partial charge in [-0.05, 0) is 23.8 Å². The first-order chi connectivity index (χ1) is 13.6. The number of rotatable bonds is 7. The summed E-state index contributed by atoms with van der Waals surface area (Å²) in [5.41, 5.74) is 0.921. The maximum Gasteiger partial charge on any atom is 0.312 e. The van der Waals surface area contributed by atoms with E-state index in [2.05, 4.69) is 15.5 Å². The molecule has 8 heteroatoms. The zero-order valence-electron chi connectivity index (χ0n) is 15.2. The minimum atomic E-state index is -0.610. The summed E-state index contributed by atoms with van der Waals surface area (Å²) in [6.07, 6.45) is -0.152. The molecule has 8 nitrogen and oxygen atoms in total. The number of ether oxygens (including phenoxy) is 2. The number of carbonyl (C=O) groups excluding carboxylic acids is 2. The van der Waals surface area contributed by atoms with Gasteiger partial charge in [-0.2, -0.15) is 5.10 Å². The highest BCUT2D eigenvalue weighted by molar-refractivity contribution is 5.87. The number of aromatic nitrogens is 2. The number of methoxy groups -OCH3 is 1. The van der Waals surface area contributed by atoms with Gasteiger partial charge in [0.1, 0.15) is 5.75 Å². The van der Waals surface area contributed by atoms with Crippen molar-refractivity contribution < 1.29 is 19.1 Å². The number of carbonyl (C=O) groups is 2. The van der Waals surface area contributed by atoms with Crippen molar-refractivity contribution in [1.29, 1.82) is 0 Å². The fourth-order valence-electron chi connectivity index (χ4n) is 2.67. The molecule has 0 saturated heterocycles. The van der Waals surface area contributed by atoms with Crippen LogP contribution in [0.5, 0.6) is 5.75 Å². The molecular formula is C20H19N3O5. The lowest BCUT2D eigenvalue weighted by Crippen LogP contribution is -2.28. The second-order valence-corrected chi connectivity index (χ2v) is 6.01. The van der Waals surface area contributed by atoms with Crippen LogP contribution >= 0.6 is 0 Å². The Morgan fingerprint density at radius 2 is 1.89 bits per heavy atom. The number of hydrogen-bond acceptors (Lipinski definition) is 6. The van der Waals surface area contributed by atoms with Crippen LogP contribution in [-0.2, 0) is 27.3 Å². The third-order valence-electron chi connectivity index (χ3n) is 4.07. The van der Waals surface area contributed by atoms with Crippen molar-refractivity contribution in [3.05, 3.63) is 70.1 Å². The highest BCUT2D eigenvalue weighted by atomic mass is 16.5. The number of amides is 1. The zero-order chi connectivity index (χ0) is 19.9. The van der Waals surface area contributed by atoms with Gasteiger partial charge < -0.3 is 14.8 Å². The van der Waals surface area contributed by atoms with Crippen LogP contribution in [0.15, 0.2) is 53.3 Å². The van der Waals surface area contributed by atoms with E-state index < -0.39 is 18.5 Å². The maximum atomic E-state index is 12.1. The summed E-state index contributed by atoms with van der Waals surface area (Å²) >= 11 is 0. The highest BCUT2D eigenvalue weighted by Gasteiger charge is 2.13. The molecule has 0 atom stereocenters. The van der Waals surface area contributed by atoms with Gasteiger partial charge in [-0.15, -0.1) is 0 Å². The minimum absolute atomic E-state index is 0.152. The van der Waals surface area contributed by atoms with E-state index in [-0.39, 0.29) is 12.0 Å². The van der Waals surface area contributed by atoms with Crippen molar-refractivity contribution in [3.8, 4) is 5.75 Å². The molecule has 0 saturated carbocycles. The van der Waals surface area contributed by atoms with Gasteiger partial charge >= 0.3 is 5.97 Å². The number of nitrogens with zero attached hydrogens (tertiary/aromatic N) is 1. The van der Waals surface area contributed by atoms with Crippen molar-refractivity contribution in [1.82, 2.24) is 15.5 Å². The summed E-state index contributed by atoms with van der Waals surface area (Å²) in [5.74, 6) is -0.338. The number of hydrogen-bond donors (Lipinski definition) is 2. The fourth-order valence-corrected chi connectivity index (χ4v) is 2.67. The van der Waals surface area contributed by atoms with E-state index >= 15 is 0 Å². The number of nitrogens with one attached hydrogen (secondary N) is 2. The quantitative estimate of drug-likeness (QED) is 0.598. The Morgan fingerprint density at radius 1 is 1.11 bits per heavy atom. The molecule has 2 aromatic carbocycles. The van der Waals surface area contributed by atoms with Crippen LogP contribution in [0.1, 0.15) is 11.3 Å². The largest absolute Gasteiger partial charge is 0.497 e. The topological polar surface area (TPSA) is 110 Å². The Morgan fingerprint density at radius 3 is 2.68 bits per heavy atom. The highest BCUT2D eigenvalue weighted by Crippen LogP contribution is 2.13. The van der Waals surface area contributed by atoms with Gasteiger partial charge in [0.15, 0.2) is 6.61 Å². The number of fused-ring (bicyclic) bond motifs is 1. The molecule has 0 radical (unpaired) electrons. The average molecular weight is 381 g/mol. The molecular weight excluding hydrogens is 362 g/mol.